The number of aromatic nitrogens is 4. The van der Waals surface area contributed by atoms with E-state index in [9.17, 15) is 4.79 Å². The summed E-state index contributed by atoms with van der Waals surface area (Å²) >= 11 is 0. The van der Waals surface area contributed by atoms with Gasteiger partial charge in [0.2, 0.25) is 5.43 Å². The quantitative estimate of drug-likeness (QED) is 0.723. The van der Waals surface area contributed by atoms with Crippen LogP contribution in [-0.4, -0.2) is 20.2 Å². The molecule has 2 rings (SSSR count). The molecule has 14 heavy (non-hydrogen) atoms. The van der Waals surface area contributed by atoms with E-state index in [2.05, 4.69) is 20.2 Å². The van der Waals surface area contributed by atoms with E-state index in [4.69, 9.17) is 0 Å². The standard InChI is InChI=1S/C9H10N4O/c1-5(2)8-10-3-6-7(14)4-11-13-9(6)12-8/h3-5H,1-2H3,(H,10,12,13,14). The Balaban J connectivity index is 2.74. The van der Waals surface area contributed by atoms with Gasteiger partial charge in [-0.05, 0) is 0 Å². The molecule has 0 saturated heterocycles. The van der Waals surface area contributed by atoms with Crippen LogP contribution in [0.1, 0.15) is 25.6 Å². The van der Waals surface area contributed by atoms with Crippen molar-refractivity contribution in [3.8, 4) is 0 Å². The van der Waals surface area contributed by atoms with Crippen molar-refractivity contribution in [2.45, 2.75) is 19.8 Å². The zero-order valence-electron chi connectivity index (χ0n) is 7.98. The highest BCUT2D eigenvalue weighted by atomic mass is 16.1. The molecule has 5 heteroatoms. The molecule has 2 aromatic heterocycles. The maximum Gasteiger partial charge on any atom is 0.211 e. The average Bonchev–Trinajstić information content (AvgIpc) is 2.17. The van der Waals surface area contributed by atoms with Gasteiger partial charge in [0.05, 0.1) is 11.6 Å². The topological polar surface area (TPSA) is 71.5 Å². The Morgan fingerprint density at radius 3 is 2.86 bits per heavy atom. The number of H-pyrrole nitrogens is 1. The van der Waals surface area contributed by atoms with E-state index in [0.29, 0.717) is 16.9 Å². The minimum atomic E-state index is -0.158. The van der Waals surface area contributed by atoms with Crippen molar-refractivity contribution in [3.05, 3.63) is 28.4 Å². The maximum absolute atomic E-state index is 11.3. The second-order valence-corrected chi connectivity index (χ2v) is 3.38. The van der Waals surface area contributed by atoms with Crippen LogP contribution in [0.25, 0.3) is 11.0 Å². The van der Waals surface area contributed by atoms with Crippen molar-refractivity contribution < 1.29 is 0 Å². The fraction of sp³-hybridized carbons (Fsp3) is 0.333. The molecule has 2 heterocycles. The average molecular weight is 190 g/mol. The highest BCUT2D eigenvalue weighted by Gasteiger charge is 2.05. The van der Waals surface area contributed by atoms with Crippen LogP contribution in [0.4, 0.5) is 0 Å². The van der Waals surface area contributed by atoms with Gasteiger partial charge < -0.3 is 0 Å². The Bertz CT molecular complexity index is 517. The number of rotatable bonds is 1. The summed E-state index contributed by atoms with van der Waals surface area (Å²) < 4.78 is 0. The van der Waals surface area contributed by atoms with Gasteiger partial charge in [-0.25, -0.2) is 9.97 Å². The molecule has 0 atom stereocenters. The lowest BCUT2D eigenvalue weighted by Gasteiger charge is -2.02. The van der Waals surface area contributed by atoms with Crippen LogP contribution in [0.15, 0.2) is 17.2 Å². The molecule has 0 bridgehead atoms. The van der Waals surface area contributed by atoms with Crippen molar-refractivity contribution in [1.82, 2.24) is 20.2 Å². The number of hydrogen-bond acceptors (Lipinski definition) is 4. The third-order valence-corrected chi connectivity index (χ3v) is 1.94. The summed E-state index contributed by atoms with van der Waals surface area (Å²) in [5, 5.41) is 6.85. The Morgan fingerprint density at radius 1 is 1.36 bits per heavy atom. The van der Waals surface area contributed by atoms with E-state index in [0.717, 1.165) is 0 Å². The largest absolute Gasteiger partial charge is 0.287 e. The zero-order chi connectivity index (χ0) is 10.1. The number of aromatic amines is 1. The van der Waals surface area contributed by atoms with Crippen LogP contribution in [0.3, 0.4) is 0 Å². The van der Waals surface area contributed by atoms with Gasteiger partial charge in [0, 0.05) is 12.1 Å². The lowest BCUT2D eigenvalue weighted by atomic mass is 10.2. The number of fused-ring (bicyclic) bond motifs is 1. The third kappa shape index (κ3) is 1.37. The molecule has 0 aliphatic heterocycles. The summed E-state index contributed by atoms with van der Waals surface area (Å²) in [4.78, 5) is 19.6. The molecule has 5 nitrogen and oxygen atoms in total. The molecule has 2 aromatic rings. The lowest BCUT2D eigenvalue weighted by Crippen LogP contribution is -2.07. The van der Waals surface area contributed by atoms with Crippen LogP contribution in [0, 0.1) is 0 Å². The second-order valence-electron chi connectivity index (χ2n) is 3.38. The monoisotopic (exact) mass is 190 g/mol. The first-order chi connectivity index (χ1) is 6.68. The SMILES string of the molecule is CC(C)c1ncc2c(=O)cn[nH]c2n1. The van der Waals surface area contributed by atoms with Crippen LogP contribution in [0.5, 0.6) is 0 Å². The number of hydrogen-bond donors (Lipinski definition) is 1. The van der Waals surface area contributed by atoms with Crippen molar-refractivity contribution in [2.75, 3.05) is 0 Å². The predicted molar refractivity (Wildman–Crippen MR) is 52.0 cm³/mol. The van der Waals surface area contributed by atoms with Gasteiger partial charge in [0.25, 0.3) is 0 Å². The Labute approximate surface area is 80.2 Å². The van der Waals surface area contributed by atoms with Crippen molar-refractivity contribution in [3.63, 3.8) is 0 Å². The number of nitrogens with zero attached hydrogens (tertiary/aromatic N) is 3. The van der Waals surface area contributed by atoms with Gasteiger partial charge in [-0.2, -0.15) is 5.10 Å². The van der Waals surface area contributed by atoms with Gasteiger partial charge >= 0.3 is 0 Å². The third-order valence-electron chi connectivity index (χ3n) is 1.94. The van der Waals surface area contributed by atoms with E-state index >= 15 is 0 Å². The minimum Gasteiger partial charge on any atom is -0.287 e. The first-order valence-corrected chi connectivity index (χ1v) is 4.39. The van der Waals surface area contributed by atoms with Gasteiger partial charge in [-0.1, -0.05) is 13.8 Å². The van der Waals surface area contributed by atoms with Crippen molar-refractivity contribution in [2.24, 2.45) is 0 Å². The summed E-state index contributed by atoms with van der Waals surface area (Å²) in [5.41, 5.74) is 0.338. The summed E-state index contributed by atoms with van der Waals surface area (Å²) in [7, 11) is 0. The molecule has 1 N–H and O–H groups in total. The molecular weight excluding hydrogens is 180 g/mol. The van der Waals surface area contributed by atoms with Gasteiger partial charge in [-0.3, -0.25) is 9.89 Å². The normalized spacial score (nSPS) is 11.1. The molecule has 0 spiro atoms. The van der Waals surface area contributed by atoms with E-state index in [1.54, 1.807) is 0 Å². The first kappa shape index (κ1) is 8.80. The van der Waals surface area contributed by atoms with E-state index in [-0.39, 0.29) is 11.3 Å². The van der Waals surface area contributed by atoms with E-state index < -0.39 is 0 Å². The van der Waals surface area contributed by atoms with Crippen LogP contribution in [-0.2, 0) is 0 Å². The maximum atomic E-state index is 11.3. The minimum absolute atomic E-state index is 0.158. The summed E-state index contributed by atoms with van der Waals surface area (Å²) in [6.07, 6.45) is 2.76. The smallest absolute Gasteiger partial charge is 0.211 e. The van der Waals surface area contributed by atoms with Gasteiger partial charge in [0.1, 0.15) is 5.82 Å². The molecule has 0 aliphatic carbocycles. The molecule has 0 unspecified atom stereocenters. The molecular formula is C9H10N4O. The molecule has 0 radical (unpaired) electrons. The molecule has 0 amide bonds. The second kappa shape index (κ2) is 3.17. The highest BCUT2D eigenvalue weighted by Crippen LogP contribution is 2.09. The zero-order valence-corrected chi connectivity index (χ0v) is 7.98. The Kier molecular flexibility index (Phi) is 1.99. The molecule has 72 valence electrons. The van der Waals surface area contributed by atoms with Crippen molar-refractivity contribution >= 4 is 11.0 Å². The van der Waals surface area contributed by atoms with Crippen molar-refractivity contribution in [1.29, 1.82) is 0 Å². The Morgan fingerprint density at radius 2 is 2.14 bits per heavy atom. The number of nitrogens with one attached hydrogen (secondary N) is 1. The fourth-order valence-corrected chi connectivity index (χ4v) is 1.16. The predicted octanol–water partition coefficient (Wildman–Crippen LogP) is 0.836. The van der Waals surface area contributed by atoms with Crippen LogP contribution >= 0.6 is 0 Å². The van der Waals surface area contributed by atoms with E-state index in [1.165, 1.54) is 12.4 Å². The first-order valence-electron chi connectivity index (χ1n) is 4.39. The van der Waals surface area contributed by atoms with Gasteiger partial charge in [-0.15, -0.1) is 0 Å². The highest BCUT2D eigenvalue weighted by molar-refractivity contribution is 5.71. The Hall–Kier alpha value is -1.78. The lowest BCUT2D eigenvalue weighted by molar-refractivity contribution is 0.778. The molecule has 0 aromatic carbocycles. The van der Waals surface area contributed by atoms with Gasteiger partial charge in [0.15, 0.2) is 5.65 Å². The molecule has 0 saturated carbocycles. The fourth-order valence-electron chi connectivity index (χ4n) is 1.16. The molecule has 0 aliphatic rings. The summed E-state index contributed by atoms with van der Waals surface area (Å²) in [6.45, 7) is 3.99. The summed E-state index contributed by atoms with van der Waals surface area (Å²) in [6, 6.07) is 0. The van der Waals surface area contributed by atoms with E-state index in [1.807, 2.05) is 13.8 Å². The van der Waals surface area contributed by atoms with Crippen LogP contribution < -0.4 is 5.43 Å². The van der Waals surface area contributed by atoms with Crippen LogP contribution in [0.2, 0.25) is 0 Å². The summed E-state index contributed by atoms with van der Waals surface area (Å²) in [5.74, 6) is 0.948. The molecule has 0 fully saturated rings.